The van der Waals surface area contributed by atoms with E-state index < -0.39 is 24.5 Å². The standard InChI is InChI=1S/C14H16ClN5O4/c1-8(21)17-18-12-6-19(14(24)20(12)7-13(22)23)5-9-2-3-11(16)10(15)4-9/h2-4H,5-7,16H2,1H3,(H,17,21)(H,22,23). The first-order valence-electron chi connectivity index (χ1n) is 6.93. The van der Waals surface area contributed by atoms with Crippen LogP contribution in [0.3, 0.4) is 0 Å². The Bertz CT molecular complexity index is 721. The Labute approximate surface area is 142 Å². The molecule has 1 aromatic carbocycles. The zero-order valence-electron chi connectivity index (χ0n) is 12.8. The van der Waals surface area contributed by atoms with Crippen molar-refractivity contribution in [1.29, 1.82) is 0 Å². The highest BCUT2D eigenvalue weighted by Gasteiger charge is 2.35. The summed E-state index contributed by atoms with van der Waals surface area (Å²) in [6, 6.07) is 4.46. The number of hydrazone groups is 1. The third-order valence-electron chi connectivity index (χ3n) is 3.22. The number of benzene rings is 1. The quantitative estimate of drug-likeness (QED) is 0.530. The number of nitrogens with zero attached hydrogens (tertiary/aromatic N) is 3. The molecule has 0 unspecified atom stereocenters. The summed E-state index contributed by atoms with van der Waals surface area (Å²) in [5.74, 6) is -1.45. The zero-order chi connectivity index (χ0) is 17.9. The van der Waals surface area contributed by atoms with Crippen molar-refractivity contribution in [3.63, 3.8) is 0 Å². The van der Waals surface area contributed by atoms with Crippen LogP contribution in [0.25, 0.3) is 0 Å². The first-order valence-corrected chi connectivity index (χ1v) is 7.31. The predicted octanol–water partition coefficient (Wildman–Crippen LogP) is 0.694. The molecule has 0 aromatic heterocycles. The summed E-state index contributed by atoms with van der Waals surface area (Å²) in [4.78, 5) is 36.7. The van der Waals surface area contributed by atoms with Crippen LogP contribution in [0.15, 0.2) is 23.3 Å². The maximum Gasteiger partial charge on any atom is 0.326 e. The van der Waals surface area contributed by atoms with Gasteiger partial charge in [0.1, 0.15) is 6.54 Å². The number of aliphatic carboxylic acids is 1. The van der Waals surface area contributed by atoms with Gasteiger partial charge in [-0.3, -0.25) is 14.5 Å². The Morgan fingerprint density at radius 2 is 2.17 bits per heavy atom. The van der Waals surface area contributed by atoms with E-state index in [-0.39, 0.29) is 18.9 Å². The monoisotopic (exact) mass is 353 g/mol. The number of carbonyl (C=O) groups is 3. The minimum absolute atomic E-state index is 0.0639. The lowest BCUT2D eigenvalue weighted by atomic mass is 10.2. The van der Waals surface area contributed by atoms with Gasteiger partial charge >= 0.3 is 12.0 Å². The zero-order valence-corrected chi connectivity index (χ0v) is 13.6. The summed E-state index contributed by atoms with van der Waals surface area (Å²) in [6.07, 6.45) is 0. The number of urea groups is 1. The summed E-state index contributed by atoms with van der Waals surface area (Å²) in [5, 5.41) is 13.1. The molecule has 24 heavy (non-hydrogen) atoms. The van der Waals surface area contributed by atoms with Crippen molar-refractivity contribution in [3.8, 4) is 0 Å². The van der Waals surface area contributed by atoms with Crippen LogP contribution in [0.1, 0.15) is 12.5 Å². The molecule has 0 saturated carbocycles. The highest BCUT2D eigenvalue weighted by molar-refractivity contribution is 6.33. The van der Waals surface area contributed by atoms with Crippen LogP contribution >= 0.6 is 11.6 Å². The molecule has 1 saturated heterocycles. The van der Waals surface area contributed by atoms with E-state index in [1.165, 1.54) is 11.8 Å². The molecule has 10 heteroatoms. The number of amidine groups is 1. The number of nitrogens with one attached hydrogen (secondary N) is 1. The summed E-state index contributed by atoms with van der Waals surface area (Å²) in [5.41, 5.74) is 9.02. The van der Waals surface area contributed by atoms with Crippen LogP contribution in [0.5, 0.6) is 0 Å². The van der Waals surface area contributed by atoms with Gasteiger partial charge in [-0.2, -0.15) is 5.10 Å². The fourth-order valence-electron chi connectivity index (χ4n) is 2.15. The third-order valence-corrected chi connectivity index (χ3v) is 3.55. The van der Waals surface area contributed by atoms with Gasteiger partial charge in [0.25, 0.3) is 0 Å². The van der Waals surface area contributed by atoms with Gasteiger partial charge in [0.2, 0.25) is 5.91 Å². The van der Waals surface area contributed by atoms with E-state index in [0.717, 1.165) is 10.5 Å². The second-order valence-electron chi connectivity index (χ2n) is 5.17. The Kier molecular flexibility index (Phi) is 5.24. The summed E-state index contributed by atoms with van der Waals surface area (Å²) < 4.78 is 0. The number of halogens is 1. The molecule has 9 nitrogen and oxygen atoms in total. The summed E-state index contributed by atoms with van der Waals surface area (Å²) in [7, 11) is 0. The van der Waals surface area contributed by atoms with Crippen LogP contribution in [0.2, 0.25) is 5.02 Å². The molecule has 3 amide bonds. The maximum absolute atomic E-state index is 12.4. The molecule has 0 radical (unpaired) electrons. The van der Waals surface area contributed by atoms with E-state index in [4.69, 9.17) is 22.4 Å². The van der Waals surface area contributed by atoms with E-state index in [1.807, 2.05) is 0 Å². The van der Waals surface area contributed by atoms with Gasteiger partial charge in [0.15, 0.2) is 5.84 Å². The van der Waals surface area contributed by atoms with Crippen molar-refractivity contribution in [2.24, 2.45) is 5.10 Å². The van der Waals surface area contributed by atoms with Gasteiger partial charge in [-0.05, 0) is 17.7 Å². The van der Waals surface area contributed by atoms with Crippen molar-refractivity contribution in [3.05, 3.63) is 28.8 Å². The molecule has 1 aromatic rings. The largest absolute Gasteiger partial charge is 0.480 e. The number of carboxylic acids is 1. The van der Waals surface area contributed by atoms with Crippen molar-refractivity contribution >= 4 is 41.0 Å². The van der Waals surface area contributed by atoms with Crippen molar-refractivity contribution in [2.45, 2.75) is 13.5 Å². The molecule has 1 heterocycles. The average molecular weight is 354 g/mol. The molecule has 128 valence electrons. The highest BCUT2D eigenvalue weighted by atomic mass is 35.5. The first kappa shape index (κ1) is 17.5. The number of carbonyl (C=O) groups excluding carboxylic acids is 2. The SMILES string of the molecule is CC(=O)NN=C1CN(Cc2ccc(N)c(Cl)c2)C(=O)N1CC(=O)O. The van der Waals surface area contributed by atoms with E-state index in [1.54, 1.807) is 18.2 Å². The fraction of sp³-hybridized carbons (Fsp3) is 0.286. The minimum atomic E-state index is -1.18. The second-order valence-corrected chi connectivity index (χ2v) is 5.58. The number of anilines is 1. The van der Waals surface area contributed by atoms with E-state index in [9.17, 15) is 14.4 Å². The average Bonchev–Trinajstić information content (AvgIpc) is 2.77. The normalized spacial score (nSPS) is 15.9. The third kappa shape index (κ3) is 4.13. The molecule has 0 spiro atoms. The first-order chi connectivity index (χ1) is 11.3. The Morgan fingerprint density at radius 3 is 2.75 bits per heavy atom. The Morgan fingerprint density at radius 1 is 1.46 bits per heavy atom. The fourth-order valence-corrected chi connectivity index (χ4v) is 2.35. The van der Waals surface area contributed by atoms with Gasteiger partial charge in [0.05, 0.1) is 17.3 Å². The van der Waals surface area contributed by atoms with Crippen molar-refractivity contribution in [1.82, 2.24) is 15.2 Å². The lowest BCUT2D eigenvalue weighted by Crippen LogP contribution is -2.37. The van der Waals surface area contributed by atoms with Crippen LogP contribution in [-0.2, 0) is 16.1 Å². The van der Waals surface area contributed by atoms with Crippen LogP contribution in [0.4, 0.5) is 10.5 Å². The molecule has 1 fully saturated rings. The Hall–Kier alpha value is -2.81. The topological polar surface area (TPSA) is 128 Å². The predicted molar refractivity (Wildman–Crippen MR) is 87.3 cm³/mol. The molecular weight excluding hydrogens is 338 g/mol. The maximum atomic E-state index is 12.4. The van der Waals surface area contributed by atoms with Gasteiger partial charge in [0, 0.05) is 13.5 Å². The summed E-state index contributed by atoms with van der Waals surface area (Å²) >= 11 is 5.96. The van der Waals surface area contributed by atoms with Crippen LogP contribution in [-0.4, -0.2) is 51.7 Å². The van der Waals surface area contributed by atoms with E-state index >= 15 is 0 Å². The van der Waals surface area contributed by atoms with Gasteiger partial charge in [-0.25, -0.2) is 10.2 Å². The van der Waals surface area contributed by atoms with E-state index in [2.05, 4.69) is 10.5 Å². The molecule has 0 aliphatic carbocycles. The van der Waals surface area contributed by atoms with E-state index in [0.29, 0.717) is 10.7 Å². The number of carboxylic acid groups (broad SMARTS) is 1. The summed E-state index contributed by atoms with van der Waals surface area (Å²) in [6.45, 7) is 0.981. The number of amides is 3. The van der Waals surface area contributed by atoms with Crippen molar-refractivity contribution < 1.29 is 19.5 Å². The number of rotatable bonds is 5. The van der Waals surface area contributed by atoms with Gasteiger partial charge < -0.3 is 15.7 Å². The lowest BCUT2D eigenvalue weighted by Gasteiger charge is -2.16. The smallest absolute Gasteiger partial charge is 0.326 e. The number of nitrogens with two attached hydrogens (primary N) is 1. The van der Waals surface area contributed by atoms with Crippen molar-refractivity contribution in [2.75, 3.05) is 18.8 Å². The Balaban J connectivity index is 2.20. The molecule has 1 aliphatic rings. The molecule has 1 aliphatic heterocycles. The number of hydrogen-bond acceptors (Lipinski definition) is 5. The number of hydrogen-bond donors (Lipinski definition) is 3. The number of nitrogen functional groups attached to an aromatic ring is 1. The second kappa shape index (κ2) is 7.18. The minimum Gasteiger partial charge on any atom is -0.480 e. The van der Waals surface area contributed by atoms with Gasteiger partial charge in [-0.15, -0.1) is 0 Å². The molecule has 0 bridgehead atoms. The molecule has 0 atom stereocenters. The van der Waals surface area contributed by atoms with Gasteiger partial charge in [-0.1, -0.05) is 17.7 Å². The lowest BCUT2D eigenvalue weighted by molar-refractivity contribution is -0.136. The van der Waals surface area contributed by atoms with Crippen LogP contribution in [0, 0.1) is 0 Å². The highest BCUT2D eigenvalue weighted by Crippen LogP contribution is 2.22. The molecule has 4 N–H and O–H groups in total. The van der Waals surface area contributed by atoms with Crippen LogP contribution < -0.4 is 11.2 Å². The molecule has 2 rings (SSSR count). The molecular formula is C14H16ClN5O4.